The quantitative estimate of drug-likeness (QED) is 0.693. The second kappa shape index (κ2) is 4.37. The highest BCUT2D eigenvalue weighted by Crippen LogP contribution is 2.26. The van der Waals surface area contributed by atoms with Gasteiger partial charge in [0.05, 0.1) is 17.6 Å². The lowest BCUT2D eigenvalue weighted by Gasteiger charge is -2.09. The van der Waals surface area contributed by atoms with Crippen molar-refractivity contribution < 1.29 is 0 Å². The Morgan fingerprint density at radius 1 is 0.833 bits per heavy atom. The van der Waals surface area contributed by atoms with Crippen molar-refractivity contribution in [2.45, 2.75) is 0 Å². The summed E-state index contributed by atoms with van der Waals surface area (Å²) in [4.78, 5) is 0. The van der Waals surface area contributed by atoms with Gasteiger partial charge in [0.15, 0.2) is 0 Å². The molecule has 3 nitrogen and oxygen atoms in total. The van der Waals surface area contributed by atoms with Crippen LogP contribution < -0.4 is 5.73 Å². The van der Waals surface area contributed by atoms with E-state index in [-0.39, 0.29) is 0 Å². The van der Waals surface area contributed by atoms with Crippen LogP contribution in [-0.2, 0) is 0 Å². The normalized spacial score (nSPS) is 10.4. The van der Waals surface area contributed by atoms with Crippen LogP contribution in [0.2, 0.25) is 0 Å². The average Bonchev–Trinajstić information content (AvgIpc) is 2.89. The third-order valence-electron chi connectivity index (χ3n) is 2.88. The first-order chi connectivity index (χ1) is 8.86. The minimum absolute atomic E-state index is 0.759. The first-order valence-electron chi connectivity index (χ1n) is 5.80. The van der Waals surface area contributed by atoms with Gasteiger partial charge >= 0.3 is 0 Å². The molecule has 0 radical (unpaired) electrons. The largest absolute Gasteiger partial charge is 0.398 e. The SMILES string of the molecule is Nc1ccccc1-c1ccnn1-c1ccccc1. The summed E-state index contributed by atoms with van der Waals surface area (Å²) < 4.78 is 1.89. The fraction of sp³-hybridized carbons (Fsp3) is 0. The molecule has 3 aromatic rings. The molecular weight excluding hydrogens is 222 g/mol. The Kier molecular flexibility index (Phi) is 2.57. The summed E-state index contributed by atoms with van der Waals surface area (Å²) in [7, 11) is 0. The van der Waals surface area contributed by atoms with E-state index in [1.165, 1.54) is 0 Å². The van der Waals surface area contributed by atoms with Gasteiger partial charge < -0.3 is 5.73 Å². The van der Waals surface area contributed by atoms with Crippen molar-refractivity contribution in [2.75, 3.05) is 5.73 Å². The average molecular weight is 235 g/mol. The topological polar surface area (TPSA) is 43.8 Å². The van der Waals surface area contributed by atoms with Crippen LogP contribution in [0.4, 0.5) is 5.69 Å². The van der Waals surface area contributed by atoms with E-state index in [4.69, 9.17) is 5.73 Å². The van der Waals surface area contributed by atoms with Crippen molar-refractivity contribution in [3.8, 4) is 16.9 Å². The van der Waals surface area contributed by atoms with Gasteiger partial charge in [0, 0.05) is 11.3 Å². The van der Waals surface area contributed by atoms with E-state index in [0.29, 0.717) is 0 Å². The van der Waals surface area contributed by atoms with Crippen molar-refractivity contribution in [1.82, 2.24) is 9.78 Å². The monoisotopic (exact) mass is 235 g/mol. The summed E-state index contributed by atoms with van der Waals surface area (Å²) >= 11 is 0. The van der Waals surface area contributed by atoms with Crippen LogP contribution in [-0.4, -0.2) is 9.78 Å². The molecule has 3 rings (SSSR count). The molecule has 18 heavy (non-hydrogen) atoms. The lowest BCUT2D eigenvalue weighted by Crippen LogP contribution is -2.00. The number of para-hydroxylation sites is 2. The molecule has 1 heterocycles. The second-order valence-electron chi connectivity index (χ2n) is 4.05. The van der Waals surface area contributed by atoms with Gasteiger partial charge in [0.25, 0.3) is 0 Å². The summed E-state index contributed by atoms with van der Waals surface area (Å²) in [6.45, 7) is 0. The Bertz CT molecular complexity index is 656. The Morgan fingerprint density at radius 3 is 2.33 bits per heavy atom. The van der Waals surface area contributed by atoms with E-state index >= 15 is 0 Å². The fourth-order valence-corrected chi connectivity index (χ4v) is 2.01. The van der Waals surface area contributed by atoms with Gasteiger partial charge in [0.1, 0.15) is 0 Å². The van der Waals surface area contributed by atoms with Gasteiger partial charge in [-0.1, -0.05) is 36.4 Å². The lowest BCUT2D eigenvalue weighted by molar-refractivity contribution is 0.888. The van der Waals surface area contributed by atoms with Crippen molar-refractivity contribution >= 4 is 5.69 Å². The van der Waals surface area contributed by atoms with Crippen LogP contribution in [0.25, 0.3) is 16.9 Å². The summed E-state index contributed by atoms with van der Waals surface area (Å²) in [5.74, 6) is 0. The molecule has 0 amide bonds. The third-order valence-corrected chi connectivity index (χ3v) is 2.88. The van der Waals surface area contributed by atoms with Crippen molar-refractivity contribution in [2.24, 2.45) is 0 Å². The van der Waals surface area contributed by atoms with E-state index in [9.17, 15) is 0 Å². The Morgan fingerprint density at radius 2 is 1.56 bits per heavy atom. The highest BCUT2D eigenvalue weighted by Gasteiger charge is 2.09. The molecule has 2 N–H and O–H groups in total. The number of nitrogen functional groups attached to an aromatic ring is 1. The van der Waals surface area contributed by atoms with E-state index < -0.39 is 0 Å². The highest BCUT2D eigenvalue weighted by atomic mass is 15.3. The zero-order chi connectivity index (χ0) is 12.4. The molecule has 0 spiro atoms. The molecule has 0 bridgehead atoms. The summed E-state index contributed by atoms with van der Waals surface area (Å²) in [6.07, 6.45) is 1.79. The molecule has 0 fully saturated rings. The van der Waals surface area contributed by atoms with Gasteiger partial charge in [-0.2, -0.15) is 5.10 Å². The molecule has 0 unspecified atom stereocenters. The fourth-order valence-electron chi connectivity index (χ4n) is 2.01. The number of rotatable bonds is 2. The standard InChI is InChI=1S/C15H13N3/c16-14-9-5-4-8-13(14)15-10-11-17-18(15)12-6-2-1-3-7-12/h1-11H,16H2. The molecule has 0 saturated carbocycles. The molecule has 88 valence electrons. The summed E-state index contributed by atoms with van der Waals surface area (Å²) in [6, 6.07) is 19.8. The van der Waals surface area contributed by atoms with Crippen molar-refractivity contribution in [3.63, 3.8) is 0 Å². The molecule has 1 aromatic heterocycles. The summed E-state index contributed by atoms with van der Waals surface area (Å²) in [5.41, 5.74) is 9.80. The maximum absolute atomic E-state index is 6.02. The minimum atomic E-state index is 0.759. The molecule has 0 atom stereocenters. The Balaban J connectivity index is 2.16. The first-order valence-corrected chi connectivity index (χ1v) is 5.80. The van der Waals surface area contributed by atoms with E-state index in [2.05, 4.69) is 5.10 Å². The zero-order valence-electron chi connectivity index (χ0n) is 9.82. The van der Waals surface area contributed by atoms with Crippen LogP contribution >= 0.6 is 0 Å². The predicted octanol–water partition coefficient (Wildman–Crippen LogP) is 3.12. The van der Waals surface area contributed by atoms with Gasteiger partial charge in [-0.3, -0.25) is 0 Å². The lowest BCUT2D eigenvalue weighted by atomic mass is 10.1. The number of anilines is 1. The van der Waals surface area contributed by atoms with Crippen molar-refractivity contribution in [1.29, 1.82) is 0 Å². The maximum atomic E-state index is 6.02. The third kappa shape index (κ3) is 1.76. The number of benzene rings is 2. The van der Waals surface area contributed by atoms with E-state index in [0.717, 1.165) is 22.6 Å². The highest BCUT2D eigenvalue weighted by molar-refractivity contribution is 5.74. The minimum Gasteiger partial charge on any atom is -0.398 e. The maximum Gasteiger partial charge on any atom is 0.0761 e. The summed E-state index contributed by atoms with van der Waals surface area (Å²) in [5, 5.41) is 4.37. The van der Waals surface area contributed by atoms with E-state index in [1.807, 2.05) is 65.3 Å². The molecule has 0 aliphatic carbocycles. The van der Waals surface area contributed by atoms with Crippen LogP contribution in [0.1, 0.15) is 0 Å². The van der Waals surface area contributed by atoms with Crippen LogP contribution in [0, 0.1) is 0 Å². The zero-order valence-corrected chi connectivity index (χ0v) is 9.82. The number of nitrogens with zero attached hydrogens (tertiary/aromatic N) is 2. The molecule has 2 aromatic carbocycles. The Hall–Kier alpha value is -2.55. The second-order valence-corrected chi connectivity index (χ2v) is 4.05. The molecule has 0 saturated heterocycles. The Labute approximate surface area is 105 Å². The first kappa shape index (κ1) is 10.6. The van der Waals surface area contributed by atoms with Gasteiger partial charge in [-0.05, 0) is 24.3 Å². The van der Waals surface area contributed by atoms with Gasteiger partial charge in [0.2, 0.25) is 0 Å². The molecule has 0 aliphatic heterocycles. The molecule has 0 aliphatic rings. The number of hydrogen-bond acceptors (Lipinski definition) is 2. The van der Waals surface area contributed by atoms with Crippen molar-refractivity contribution in [3.05, 3.63) is 66.9 Å². The van der Waals surface area contributed by atoms with Crippen LogP contribution in [0.15, 0.2) is 66.9 Å². The molecule has 3 heteroatoms. The van der Waals surface area contributed by atoms with Crippen LogP contribution in [0.3, 0.4) is 0 Å². The number of hydrogen-bond donors (Lipinski definition) is 1. The van der Waals surface area contributed by atoms with Crippen LogP contribution in [0.5, 0.6) is 0 Å². The number of nitrogens with two attached hydrogens (primary N) is 1. The van der Waals surface area contributed by atoms with Gasteiger partial charge in [-0.25, -0.2) is 4.68 Å². The molecular formula is C15H13N3. The van der Waals surface area contributed by atoms with E-state index in [1.54, 1.807) is 6.20 Å². The van der Waals surface area contributed by atoms with Gasteiger partial charge in [-0.15, -0.1) is 0 Å². The number of aromatic nitrogens is 2. The smallest absolute Gasteiger partial charge is 0.0761 e. The predicted molar refractivity (Wildman–Crippen MR) is 73.4 cm³/mol.